The van der Waals surface area contributed by atoms with Crippen molar-refractivity contribution in [2.45, 2.75) is 32.8 Å². The Balaban J connectivity index is 2.58. The van der Waals surface area contributed by atoms with E-state index in [2.05, 4.69) is 12.2 Å². The summed E-state index contributed by atoms with van der Waals surface area (Å²) in [6, 6.07) is 7.92. The Morgan fingerprint density at radius 1 is 1.38 bits per heavy atom. The zero-order valence-electron chi connectivity index (χ0n) is 10.1. The van der Waals surface area contributed by atoms with Crippen LogP contribution >= 0.6 is 0 Å². The monoisotopic (exact) mass is 221 g/mol. The van der Waals surface area contributed by atoms with Crippen LogP contribution < -0.4 is 5.32 Å². The number of amides is 1. The van der Waals surface area contributed by atoms with Gasteiger partial charge in [-0.1, -0.05) is 25.5 Å². The van der Waals surface area contributed by atoms with E-state index in [1.54, 1.807) is 6.92 Å². The maximum atomic E-state index is 11.5. The standard InChI is InChI=1S/C13H19NO2/c1-4-5-11-6-8-12(9-7-11)14-13(15)10(2)16-3/h6-10H,4-5H2,1-3H3,(H,14,15). The molecule has 0 fully saturated rings. The molecular weight excluding hydrogens is 202 g/mol. The first-order valence-electron chi connectivity index (χ1n) is 5.60. The van der Waals surface area contributed by atoms with Crippen molar-refractivity contribution in [2.75, 3.05) is 12.4 Å². The second kappa shape index (κ2) is 6.28. The van der Waals surface area contributed by atoms with Gasteiger partial charge in [0.2, 0.25) is 0 Å². The number of rotatable bonds is 5. The third-order valence-corrected chi connectivity index (χ3v) is 2.48. The van der Waals surface area contributed by atoms with Crippen molar-refractivity contribution in [3.63, 3.8) is 0 Å². The first-order valence-corrected chi connectivity index (χ1v) is 5.60. The van der Waals surface area contributed by atoms with E-state index in [1.165, 1.54) is 12.7 Å². The highest BCUT2D eigenvalue weighted by atomic mass is 16.5. The maximum Gasteiger partial charge on any atom is 0.253 e. The topological polar surface area (TPSA) is 38.3 Å². The van der Waals surface area contributed by atoms with Crippen LogP contribution in [0.3, 0.4) is 0 Å². The molecule has 0 aliphatic carbocycles. The largest absolute Gasteiger partial charge is 0.372 e. The van der Waals surface area contributed by atoms with Gasteiger partial charge in [-0.2, -0.15) is 0 Å². The number of anilines is 1. The number of carbonyl (C=O) groups is 1. The Bertz CT molecular complexity index is 332. The van der Waals surface area contributed by atoms with E-state index in [0.29, 0.717) is 0 Å². The lowest BCUT2D eigenvalue weighted by Crippen LogP contribution is -2.26. The molecule has 0 aliphatic rings. The van der Waals surface area contributed by atoms with Crippen molar-refractivity contribution >= 4 is 11.6 Å². The first-order chi connectivity index (χ1) is 7.67. The third-order valence-electron chi connectivity index (χ3n) is 2.48. The molecule has 1 rings (SSSR count). The molecule has 1 amide bonds. The molecule has 1 N–H and O–H groups in total. The average Bonchev–Trinajstić information content (AvgIpc) is 2.31. The number of aryl methyl sites for hydroxylation is 1. The van der Waals surface area contributed by atoms with Gasteiger partial charge in [0, 0.05) is 12.8 Å². The normalized spacial score (nSPS) is 12.2. The van der Waals surface area contributed by atoms with Crippen molar-refractivity contribution in [3.8, 4) is 0 Å². The van der Waals surface area contributed by atoms with Crippen LogP contribution in [0.15, 0.2) is 24.3 Å². The van der Waals surface area contributed by atoms with Crippen LogP contribution in [0.1, 0.15) is 25.8 Å². The fraction of sp³-hybridized carbons (Fsp3) is 0.462. The number of hydrogen-bond acceptors (Lipinski definition) is 2. The molecular formula is C13H19NO2. The predicted octanol–water partition coefficient (Wildman–Crippen LogP) is 2.61. The van der Waals surface area contributed by atoms with Crippen molar-refractivity contribution in [3.05, 3.63) is 29.8 Å². The van der Waals surface area contributed by atoms with Crippen LogP contribution in [0.25, 0.3) is 0 Å². The third kappa shape index (κ3) is 3.66. The summed E-state index contributed by atoms with van der Waals surface area (Å²) in [6.45, 7) is 3.87. The predicted molar refractivity (Wildman–Crippen MR) is 65.5 cm³/mol. The smallest absolute Gasteiger partial charge is 0.253 e. The van der Waals surface area contributed by atoms with Gasteiger partial charge in [-0.3, -0.25) is 4.79 Å². The summed E-state index contributed by atoms with van der Waals surface area (Å²) in [5.41, 5.74) is 2.11. The lowest BCUT2D eigenvalue weighted by Gasteiger charge is -2.10. The summed E-state index contributed by atoms with van der Waals surface area (Å²) in [4.78, 5) is 11.5. The van der Waals surface area contributed by atoms with Gasteiger partial charge in [0.05, 0.1) is 0 Å². The van der Waals surface area contributed by atoms with E-state index in [0.717, 1.165) is 18.5 Å². The average molecular weight is 221 g/mol. The number of carbonyl (C=O) groups excluding carboxylic acids is 1. The Morgan fingerprint density at radius 2 is 2.00 bits per heavy atom. The SMILES string of the molecule is CCCc1ccc(NC(=O)C(C)OC)cc1. The van der Waals surface area contributed by atoms with Crippen LogP contribution in [0.2, 0.25) is 0 Å². The lowest BCUT2D eigenvalue weighted by molar-refractivity contribution is -0.124. The van der Waals surface area contributed by atoms with Crippen LogP contribution in [0.4, 0.5) is 5.69 Å². The zero-order chi connectivity index (χ0) is 12.0. The molecule has 3 heteroatoms. The van der Waals surface area contributed by atoms with E-state index in [-0.39, 0.29) is 5.91 Å². The molecule has 0 bridgehead atoms. The molecule has 0 spiro atoms. The fourth-order valence-corrected chi connectivity index (χ4v) is 1.39. The Labute approximate surface area is 96.8 Å². The van der Waals surface area contributed by atoms with Crippen LogP contribution in [-0.2, 0) is 16.0 Å². The fourth-order valence-electron chi connectivity index (χ4n) is 1.39. The first kappa shape index (κ1) is 12.7. The van der Waals surface area contributed by atoms with E-state index < -0.39 is 6.10 Å². The van der Waals surface area contributed by atoms with Crippen LogP contribution in [0.5, 0.6) is 0 Å². The highest BCUT2D eigenvalue weighted by Gasteiger charge is 2.10. The summed E-state index contributed by atoms with van der Waals surface area (Å²) in [5, 5.41) is 2.80. The van der Waals surface area contributed by atoms with Crippen molar-refractivity contribution < 1.29 is 9.53 Å². The highest BCUT2D eigenvalue weighted by Crippen LogP contribution is 2.11. The van der Waals surface area contributed by atoms with E-state index in [1.807, 2.05) is 24.3 Å². The summed E-state index contributed by atoms with van der Waals surface area (Å²) >= 11 is 0. The molecule has 0 aromatic heterocycles. The summed E-state index contributed by atoms with van der Waals surface area (Å²) < 4.78 is 4.93. The molecule has 88 valence electrons. The Hall–Kier alpha value is -1.35. The number of methoxy groups -OCH3 is 1. The Morgan fingerprint density at radius 3 is 2.50 bits per heavy atom. The van der Waals surface area contributed by atoms with E-state index in [9.17, 15) is 4.79 Å². The molecule has 1 atom stereocenters. The van der Waals surface area contributed by atoms with Crippen LogP contribution in [0, 0.1) is 0 Å². The molecule has 0 heterocycles. The van der Waals surface area contributed by atoms with Gasteiger partial charge in [-0.05, 0) is 31.0 Å². The quantitative estimate of drug-likeness (QED) is 0.830. The number of benzene rings is 1. The molecule has 3 nitrogen and oxygen atoms in total. The van der Waals surface area contributed by atoms with Crippen molar-refractivity contribution in [1.82, 2.24) is 0 Å². The van der Waals surface area contributed by atoms with Gasteiger partial charge >= 0.3 is 0 Å². The summed E-state index contributed by atoms with van der Waals surface area (Å²) in [6.07, 6.45) is 1.78. The van der Waals surface area contributed by atoms with E-state index >= 15 is 0 Å². The second-order valence-electron chi connectivity index (χ2n) is 3.81. The minimum absolute atomic E-state index is 0.120. The molecule has 1 aromatic carbocycles. The maximum absolute atomic E-state index is 11.5. The number of nitrogens with one attached hydrogen (secondary N) is 1. The van der Waals surface area contributed by atoms with Crippen LogP contribution in [-0.4, -0.2) is 19.1 Å². The molecule has 0 saturated heterocycles. The molecule has 16 heavy (non-hydrogen) atoms. The molecule has 1 unspecified atom stereocenters. The van der Waals surface area contributed by atoms with Gasteiger partial charge in [0.15, 0.2) is 0 Å². The zero-order valence-corrected chi connectivity index (χ0v) is 10.1. The van der Waals surface area contributed by atoms with Crippen molar-refractivity contribution in [2.24, 2.45) is 0 Å². The van der Waals surface area contributed by atoms with Gasteiger partial charge in [0.25, 0.3) is 5.91 Å². The van der Waals surface area contributed by atoms with Gasteiger partial charge in [0.1, 0.15) is 6.10 Å². The minimum atomic E-state index is -0.421. The lowest BCUT2D eigenvalue weighted by atomic mass is 10.1. The number of ether oxygens (including phenoxy) is 1. The highest BCUT2D eigenvalue weighted by molar-refractivity contribution is 5.93. The number of hydrogen-bond donors (Lipinski definition) is 1. The van der Waals surface area contributed by atoms with Gasteiger partial charge in [-0.15, -0.1) is 0 Å². The second-order valence-corrected chi connectivity index (χ2v) is 3.81. The van der Waals surface area contributed by atoms with Gasteiger partial charge < -0.3 is 10.1 Å². The molecule has 0 aliphatic heterocycles. The molecule has 0 radical (unpaired) electrons. The molecule has 1 aromatic rings. The summed E-state index contributed by atoms with van der Waals surface area (Å²) in [5.74, 6) is -0.120. The van der Waals surface area contributed by atoms with Crippen molar-refractivity contribution in [1.29, 1.82) is 0 Å². The summed E-state index contributed by atoms with van der Waals surface area (Å²) in [7, 11) is 1.52. The minimum Gasteiger partial charge on any atom is -0.372 e. The van der Waals surface area contributed by atoms with E-state index in [4.69, 9.17) is 4.74 Å². The Kier molecular flexibility index (Phi) is 4.99. The molecule has 0 saturated carbocycles. The van der Waals surface area contributed by atoms with Gasteiger partial charge in [-0.25, -0.2) is 0 Å².